The smallest absolute Gasteiger partial charge is 0.140 e. The van der Waals surface area contributed by atoms with E-state index < -0.39 is 11.4 Å². The predicted octanol–water partition coefficient (Wildman–Crippen LogP) is 1.08. The van der Waals surface area contributed by atoms with Gasteiger partial charge in [-0.3, -0.25) is 0 Å². The molecule has 0 aliphatic rings. The molecule has 0 aromatic carbocycles. The Kier molecular flexibility index (Phi) is 3.22. The number of rotatable bonds is 3. The maximum atomic E-state index is 11.8. The molecule has 0 radical (unpaired) electrons. The fourth-order valence-electron chi connectivity index (χ4n) is 0.900. The number of hydrogen-bond acceptors (Lipinski definition) is 3. The van der Waals surface area contributed by atoms with Crippen molar-refractivity contribution >= 4 is 17.0 Å². The van der Waals surface area contributed by atoms with Gasteiger partial charge in [-0.05, 0) is 20.3 Å². The summed E-state index contributed by atoms with van der Waals surface area (Å²) in [5.74, 6) is 0. The van der Waals surface area contributed by atoms with Gasteiger partial charge in [-0.25, -0.2) is 0 Å². The van der Waals surface area contributed by atoms with Crippen LogP contribution in [0.4, 0.5) is 5.69 Å². The van der Waals surface area contributed by atoms with Crippen LogP contribution in [0.2, 0.25) is 0 Å². The van der Waals surface area contributed by atoms with E-state index in [2.05, 4.69) is 5.10 Å². The number of nitrogens with zero attached hydrogens (tertiary/aromatic N) is 2. The lowest BCUT2D eigenvalue weighted by Crippen LogP contribution is -2.26. The molecule has 13 heavy (non-hydrogen) atoms. The molecule has 1 aromatic heterocycles. The maximum Gasteiger partial charge on any atom is 0.140 e. The summed E-state index contributed by atoms with van der Waals surface area (Å²) in [4.78, 5) is 0. The summed E-state index contributed by atoms with van der Waals surface area (Å²) in [6, 6.07) is 0. The maximum absolute atomic E-state index is 11.8. The van der Waals surface area contributed by atoms with E-state index in [4.69, 9.17) is 5.73 Å². The summed E-state index contributed by atoms with van der Waals surface area (Å²) < 4.78 is 13.3. The van der Waals surface area contributed by atoms with Crippen LogP contribution in [-0.2, 0) is 11.4 Å². The molecule has 2 N–H and O–H groups in total. The lowest BCUT2D eigenvalue weighted by molar-refractivity contribution is 0.562. The monoisotopic (exact) mass is 201 g/mol. The molecule has 5 heteroatoms. The van der Waals surface area contributed by atoms with Crippen LogP contribution in [0.5, 0.6) is 0 Å². The lowest BCUT2D eigenvalue weighted by Gasteiger charge is -2.15. The molecule has 0 fully saturated rings. The third-order valence-electron chi connectivity index (χ3n) is 2.10. The van der Waals surface area contributed by atoms with Crippen molar-refractivity contribution in [1.29, 1.82) is 0 Å². The summed E-state index contributed by atoms with van der Waals surface area (Å²) >= 11 is -1.09. The van der Waals surface area contributed by atoms with Crippen LogP contribution in [0, 0.1) is 6.92 Å². The average Bonchev–Trinajstić information content (AvgIpc) is 2.45. The average molecular weight is 201 g/mol. The first-order chi connectivity index (χ1) is 6.07. The summed E-state index contributed by atoms with van der Waals surface area (Å²) in [6.07, 6.45) is 2.40. The second-order valence-corrected chi connectivity index (χ2v) is 4.76. The number of anilines is 1. The van der Waals surface area contributed by atoms with Crippen molar-refractivity contribution in [2.45, 2.75) is 32.4 Å². The Bertz CT molecular complexity index is 287. The molecule has 2 unspecified atom stereocenters. The second-order valence-electron chi connectivity index (χ2n) is 3.05. The second kappa shape index (κ2) is 4.02. The molecular formula is C8H15N3OS. The van der Waals surface area contributed by atoms with Crippen molar-refractivity contribution in [1.82, 2.24) is 9.19 Å². The Morgan fingerprint density at radius 1 is 1.77 bits per heavy atom. The van der Waals surface area contributed by atoms with E-state index in [1.165, 1.54) is 10.3 Å². The highest BCUT2D eigenvalue weighted by atomic mass is 32.2. The lowest BCUT2D eigenvalue weighted by atomic mass is 10.4. The molecule has 0 amide bonds. The molecule has 0 aliphatic heterocycles. The van der Waals surface area contributed by atoms with Gasteiger partial charge in [0.15, 0.2) is 0 Å². The molecule has 1 heterocycles. The standard InChI is InChI=1S/C8H15N3OS/c1-4-6(2)13(12)11-7(3)8(9)5-10-11/h5-6H,4,9H2,1-3H3. The molecule has 0 saturated heterocycles. The van der Waals surface area contributed by atoms with Crippen LogP contribution < -0.4 is 5.73 Å². The number of aromatic nitrogens is 2. The fourth-order valence-corrected chi connectivity index (χ4v) is 2.04. The van der Waals surface area contributed by atoms with E-state index in [1.54, 1.807) is 0 Å². The fraction of sp³-hybridized carbons (Fsp3) is 0.625. The van der Waals surface area contributed by atoms with Gasteiger partial charge in [0.1, 0.15) is 10.9 Å². The van der Waals surface area contributed by atoms with Crippen LogP contribution in [0.15, 0.2) is 6.20 Å². The Labute approximate surface area is 81.4 Å². The minimum Gasteiger partial charge on any atom is -0.591 e. The molecule has 0 saturated carbocycles. The third kappa shape index (κ3) is 1.97. The summed E-state index contributed by atoms with van der Waals surface area (Å²) in [6.45, 7) is 5.76. The number of hydrogen-bond donors (Lipinski definition) is 1. The third-order valence-corrected chi connectivity index (χ3v) is 3.83. The Balaban J connectivity index is 2.88. The van der Waals surface area contributed by atoms with Crippen LogP contribution in [0.1, 0.15) is 26.0 Å². The zero-order chi connectivity index (χ0) is 10.0. The number of nitrogen functional groups attached to an aromatic ring is 1. The quantitative estimate of drug-likeness (QED) is 0.744. The van der Waals surface area contributed by atoms with Gasteiger partial charge in [-0.15, -0.1) is 5.10 Å². The Morgan fingerprint density at radius 2 is 2.38 bits per heavy atom. The van der Waals surface area contributed by atoms with E-state index in [0.29, 0.717) is 5.69 Å². The normalized spacial score (nSPS) is 15.7. The van der Waals surface area contributed by atoms with Crippen molar-refractivity contribution < 1.29 is 4.55 Å². The predicted molar refractivity (Wildman–Crippen MR) is 54.7 cm³/mol. The van der Waals surface area contributed by atoms with E-state index in [0.717, 1.165) is 12.1 Å². The van der Waals surface area contributed by atoms with E-state index in [-0.39, 0.29) is 5.25 Å². The van der Waals surface area contributed by atoms with Crippen LogP contribution >= 0.6 is 0 Å². The van der Waals surface area contributed by atoms with Crippen molar-refractivity contribution in [3.8, 4) is 0 Å². The van der Waals surface area contributed by atoms with Gasteiger partial charge >= 0.3 is 0 Å². The molecule has 1 rings (SSSR count). The largest absolute Gasteiger partial charge is 0.591 e. The van der Waals surface area contributed by atoms with E-state index in [9.17, 15) is 4.55 Å². The van der Waals surface area contributed by atoms with Crippen LogP contribution in [-0.4, -0.2) is 19.0 Å². The Hall–Kier alpha value is -0.680. The highest BCUT2D eigenvalue weighted by Crippen LogP contribution is 2.15. The van der Waals surface area contributed by atoms with Crippen molar-refractivity contribution in [2.75, 3.05) is 5.73 Å². The highest BCUT2D eigenvalue weighted by Gasteiger charge is 2.21. The molecule has 0 bridgehead atoms. The molecule has 4 nitrogen and oxygen atoms in total. The van der Waals surface area contributed by atoms with Gasteiger partial charge in [0.25, 0.3) is 0 Å². The molecule has 0 spiro atoms. The number of nitrogens with two attached hydrogens (primary N) is 1. The molecular weight excluding hydrogens is 186 g/mol. The topological polar surface area (TPSA) is 66.9 Å². The van der Waals surface area contributed by atoms with Crippen molar-refractivity contribution in [3.05, 3.63) is 11.9 Å². The first-order valence-corrected chi connectivity index (χ1v) is 5.46. The van der Waals surface area contributed by atoms with Gasteiger partial charge in [0.2, 0.25) is 0 Å². The summed E-state index contributed by atoms with van der Waals surface area (Å²) in [5.41, 5.74) is 6.97. The minimum absolute atomic E-state index is 0.109. The first kappa shape index (κ1) is 10.4. The highest BCUT2D eigenvalue weighted by molar-refractivity contribution is 7.90. The van der Waals surface area contributed by atoms with Crippen molar-refractivity contribution in [2.24, 2.45) is 0 Å². The van der Waals surface area contributed by atoms with Crippen molar-refractivity contribution in [3.63, 3.8) is 0 Å². The van der Waals surface area contributed by atoms with Gasteiger partial charge in [-0.2, -0.15) is 0 Å². The van der Waals surface area contributed by atoms with Gasteiger partial charge < -0.3 is 10.3 Å². The van der Waals surface area contributed by atoms with E-state index >= 15 is 0 Å². The SMILES string of the molecule is CCC(C)[S+]([O-])n1ncc(N)c1C. The summed E-state index contributed by atoms with van der Waals surface area (Å²) in [5, 5.41) is 4.09. The van der Waals surface area contributed by atoms with Gasteiger partial charge in [-0.1, -0.05) is 11.0 Å². The zero-order valence-corrected chi connectivity index (χ0v) is 8.97. The molecule has 74 valence electrons. The van der Waals surface area contributed by atoms with Gasteiger partial charge in [0.05, 0.1) is 23.2 Å². The molecule has 1 aromatic rings. The minimum atomic E-state index is -1.09. The first-order valence-electron chi connectivity index (χ1n) is 4.29. The molecule has 0 aliphatic carbocycles. The van der Waals surface area contributed by atoms with Gasteiger partial charge in [0, 0.05) is 0 Å². The zero-order valence-electron chi connectivity index (χ0n) is 8.15. The van der Waals surface area contributed by atoms with E-state index in [1.807, 2.05) is 20.8 Å². The summed E-state index contributed by atoms with van der Waals surface area (Å²) in [7, 11) is 0. The Morgan fingerprint density at radius 3 is 2.77 bits per heavy atom. The molecule has 2 atom stereocenters. The van der Waals surface area contributed by atoms with Crippen LogP contribution in [0.3, 0.4) is 0 Å². The van der Waals surface area contributed by atoms with Crippen LogP contribution in [0.25, 0.3) is 0 Å².